The second kappa shape index (κ2) is 20.6. The maximum absolute atomic E-state index is 12.6. The fraction of sp³-hybridized carbons (Fsp3) is 0.800. The predicted octanol–water partition coefficient (Wildman–Crippen LogP) is 5.19. The van der Waals surface area contributed by atoms with E-state index in [1.165, 1.54) is 51.4 Å². The van der Waals surface area contributed by atoms with E-state index in [-0.39, 0.29) is 11.7 Å². The van der Waals surface area contributed by atoms with Gasteiger partial charge in [-0.15, -0.1) is 10.1 Å². The number of rotatable bonds is 22. The van der Waals surface area contributed by atoms with Gasteiger partial charge in [-0.3, -0.25) is 4.90 Å². The van der Waals surface area contributed by atoms with Crippen molar-refractivity contribution in [3.8, 4) is 0 Å². The standard InChI is InChI=1S/C30H53N5O5/c1-3-27(2)32-21-23-33(24-22-32)29-19-18-28(26-31-29)30(36)34(37)20-16-14-12-10-8-6-4-5-7-9-11-13-15-17-25-40-35(38)39/h18-19,26-27,34H,3-17,20-25H2,1-2H3. The van der Waals surface area contributed by atoms with Crippen LogP contribution in [0.1, 0.15) is 121 Å². The van der Waals surface area contributed by atoms with Crippen LogP contribution in [0.5, 0.6) is 0 Å². The number of hydrogen-bond acceptors (Lipinski definition) is 8. The molecule has 1 saturated heterocycles. The number of carbonyl (C=O) groups is 1. The minimum atomic E-state index is -0.723. The molecule has 1 aliphatic heterocycles. The van der Waals surface area contributed by atoms with E-state index in [2.05, 4.69) is 33.5 Å². The van der Waals surface area contributed by atoms with Crippen molar-refractivity contribution >= 4 is 11.7 Å². The number of anilines is 1. The average Bonchev–Trinajstić information content (AvgIpc) is 2.97. The second-order valence-electron chi connectivity index (χ2n) is 11.2. The van der Waals surface area contributed by atoms with E-state index in [0.717, 1.165) is 76.9 Å². The van der Waals surface area contributed by atoms with Crippen LogP contribution in [0.3, 0.4) is 0 Å². The molecule has 228 valence electrons. The van der Waals surface area contributed by atoms with E-state index in [1.54, 1.807) is 12.3 Å². The van der Waals surface area contributed by atoms with Crippen molar-refractivity contribution in [3.63, 3.8) is 0 Å². The number of hydroxylamine groups is 2. The highest BCUT2D eigenvalue weighted by atomic mass is 16.9. The number of nitrogens with zero attached hydrogens (tertiary/aromatic N) is 4. The Labute approximate surface area is 241 Å². The summed E-state index contributed by atoms with van der Waals surface area (Å²) in [5.74, 6) is 0.465. The van der Waals surface area contributed by atoms with E-state index >= 15 is 0 Å². The lowest BCUT2D eigenvalue weighted by molar-refractivity contribution is -0.757. The molecule has 2 unspecified atom stereocenters. The number of piperazine rings is 1. The van der Waals surface area contributed by atoms with Gasteiger partial charge in [-0.2, -0.15) is 0 Å². The molecule has 1 amide bonds. The summed E-state index contributed by atoms with van der Waals surface area (Å²) in [4.78, 5) is 36.2. The SMILES string of the molecule is CCC(C)N1CCN(c2ccc(C(=O)[NH+]([O-])CCCCCCCCCCCCCCCCO[N+](=O)[O-])cn2)CC1. The molecule has 0 bridgehead atoms. The van der Waals surface area contributed by atoms with Gasteiger partial charge in [-0.1, -0.05) is 77.6 Å². The molecular weight excluding hydrogens is 510 g/mol. The topological polar surface area (TPSA) is 116 Å². The molecule has 2 rings (SSSR count). The fourth-order valence-electron chi connectivity index (χ4n) is 5.28. The summed E-state index contributed by atoms with van der Waals surface area (Å²) < 4.78 is 0. The van der Waals surface area contributed by atoms with E-state index in [9.17, 15) is 20.1 Å². The Hall–Kier alpha value is -2.30. The van der Waals surface area contributed by atoms with Gasteiger partial charge in [0, 0.05) is 38.4 Å². The van der Waals surface area contributed by atoms with Crippen molar-refractivity contribution in [2.75, 3.05) is 44.2 Å². The molecule has 0 spiro atoms. The third-order valence-electron chi connectivity index (χ3n) is 8.11. The normalized spacial score (nSPS) is 15.6. The Morgan fingerprint density at radius 3 is 1.93 bits per heavy atom. The smallest absolute Gasteiger partial charge is 0.345 e. The number of nitrogens with one attached hydrogen (secondary N) is 1. The van der Waals surface area contributed by atoms with Gasteiger partial charge in [0.1, 0.15) is 5.82 Å². The molecule has 1 N–H and O–H groups in total. The molecular formula is C30H53N5O5. The summed E-state index contributed by atoms with van der Waals surface area (Å²) in [6, 6.07) is 4.23. The van der Waals surface area contributed by atoms with Crippen LogP contribution in [0.4, 0.5) is 5.82 Å². The quantitative estimate of drug-likeness (QED) is 0.116. The fourth-order valence-corrected chi connectivity index (χ4v) is 5.28. The summed E-state index contributed by atoms with van der Waals surface area (Å²) in [6.07, 6.45) is 18.4. The van der Waals surface area contributed by atoms with E-state index in [0.29, 0.717) is 18.2 Å². The summed E-state index contributed by atoms with van der Waals surface area (Å²) in [6.45, 7) is 8.92. The Morgan fingerprint density at radius 1 is 0.925 bits per heavy atom. The number of hydrogen-bond donors (Lipinski definition) is 1. The van der Waals surface area contributed by atoms with Crippen LogP contribution < -0.4 is 9.96 Å². The number of aromatic nitrogens is 1. The highest BCUT2D eigenvalue weighted by Crippen LogP contribution is 2.16. The Kier molecular flexibility index (Phi) is 17.4. The van der Waals surface area contributed by atoms with Crippen molar-refractivity contribution in [2.45, 2.75) is 116 Å². The van der Waals surface area contributed by atoms with Crippen molar-refractivity contribution in [3.05, 3.63) is 39.2 Å². The number of amides is 1. The first-order chi connectivity index (χ1) is 19.4. The van der Waals surface area contributed by atoms with E-state index < -0.39 is 11.0 Å². The van der Waals surface area contributed by atoms with Crippen molar-refractivity contribution in [1.29, 1.82) is 0 Å². The summed E-state index contributed by atoms with van der Waals surface area (Å²) >= 11 is 0. The Balaban J connectivity index is 1.44. The lowest BCUT2D eigenvalue weighted by atomic mass is 10.0. The lowest BCUT2D eigenvalue weighted by Gasteiger charge is -2.38. The lowest BCUT2D eigenvalue weighted by Crippen LogP contribution is -3.10. The molecule has 0 aliphatic carbocycles. The molecule has 1 fully saturated rings. The van der Waals surface area contributed by atoms with Crippen LogP contribution in [0.2, 0.25) is 0 Å². The zero-order valence-corrected chi connectivity index (χ0v) is 25.0. The number of pyridine rings is 1. The number of quaternary nitrogens is 1. The molecule has 10 heteroatoms. The zero-order chi connectivity index (χ0) is 29.0. The van der Waals surface area contributed by atoms with Gasteiger partial charge in [0.25, 0.3) is 5.09 Å². The molecule has 1 aromatic rings. The third-order valence-corrected chi connectivity index (χ3v) is 8.11. The summed E-state index contributed by atoms with van der Waals surface area (Å²) in [7, 11) is 0. The first kappa shape index (κ1) is 33.9. The van der Waals surface area contributed by atoms with Gasteiger partial charge in [-0.25, -0.2) is 9.78 Å². The van der Waals surface area contributed by atoms with Gasteiger partial charge in [0.2, 0.25) is 0 Å². The zero-order valence-electron chi connectivity index (χ0n) is 25.0. The molecule has 10 nitrogen and oxygen atoms in total. The van der Waals surface area contributed by atoms with Crippen molar-refractivity contribution < 1.29 is 19.8 Å². The Bertz CT molecular complexity index is 817. The monoisotopic (exact) mass is 563 g/mol. The van der Waals surface area contributed by atoms with Gasteiger partial charge in [0.15, 0.2) is 0 Å². The minimum Gasteiger partial charge on any atom is -0.626 e. The molecule has 2 heterocycles. The molecule has 1 aliphatic rings. The van der Waals surface area contributed by atoms with Crippen molar-refractivity contribution in [2.24, 2.45) is 0 Å². The summed E-state index contributed by atoms with van der Waals surface area (Å²) in [5, 5.41) is 21.4. The maximum atomic E-state index is 12.6. The van der Waals surface area contributed by atoms with Gasteiger partial charge >= 0.3 is 5.91 Å². The van der Waals surface area contributed by atoms with Crippen LogP contribution in [-0.2, 0) is 4.84 Å². The van der Waals surface area contributed by atoms with Gasteiger partial charge in [0.05, 0.1) is 18.7 Å². The number of unbranched alkanes of at least 4 members (excludes halogenated alkanes) is 13. The average molecular weight is 564 g/mol. The summed E-state index contributed by atoms with van der Waals surface area (Å²) in [5.41, 5.74) is 0.397. The van der Waals surface area contributed by atoms with E-state index in [4.69, 9.17) is 0 Å². The van der Waals surface area contributed by atoms with Crippen LogP contribution in [0.15, 0.2) is 18.3 Å². The van der Waals surface area contributed by atoms with Crippen molar-refractivity contribution in [1.82, 2.24) is 9.88 Å². The number of carbonyl (C=O) groups excluding carboxylic acids is 1. The third kappa shape index (κ3) is 13.9. The second-order valence-corrected chi connectivity index (χ2v) is 11.2. The largest absolute Gasteiger partial charge is 0.626 e. The molecule has 0 aromatic carbocycles. The van der Waals surface area contributed by atoms with Crippen LogP contribution in [-0.4, -0.2) is 66.3 Å². The first-order valence-corrected chi connectivity index (χ1v) is 15.7. The van der Waals surface area contributed by atoms with Crippen LogP contribution in [0, 0.1) is 15.3 Å². The molecule has 0 radical (unpaired) electrons. The molecule has 1 aromatic heterocycles. The van der Waals surface area contributed by atoms with Gasteiger partial charge in [-0.05, 0) is 44.7 Å². The molecule has 40 heavy (non-hydrogen) atoms. The van der Waals surface area contributed by atoms with Gasteiger partial charge < -0.3 is 20.0 Å². The molecule has 2 atom stereocenters. The maximum Gasteiger partial charge on any atom is 0.345 e. The molecule has 0 saturated carbocycles. The highest BCUT2D eigenvalue weighted by molar-refractivity contribution is 5.87. The predicted molar refractivity (Wildman–Crippen MR) is 159 cm³/mol. The Morgan fingerprint density at radius 2 is 1.45 bits per heavy atom. The van der Waals surface area contributed by atoms with E-state index in [1.807, 2.05) is 6.07 Å². The first-order valence-electron chi connectivity index (χ1n) is 15.7. The highest BCUT2D eigenvalue weighted by Gasteiger charge is 2.21. The van der Waals surface area contributed by atoms with Crippen LogP contribution >= 0.6 is 0 Å². The minimum absolute atomic E-state index is 0.213. The van der Waals surface area contributed by atoms with Crippen LogP contribution in [0.25, 0.3) is 0 Å².